The van der Waals surface area contributed by atoms with Crippen LogP contribution in [0.4, 0.5) is 0 Å². The summed E-state index contributed by atoms with van der Waals surface area (Å²) in [4.78, 5) is 14.0. The molecular formula is C13H25NO. The van der Waals surface area contributed by atoms with Gasteiger partial charge in [0, 0.05) is 19.0 Å². The third-order valence-electron chi connectivity index (χ3n) is 3.67. The first kappa shape index (κ1) is 12.5. The van der Waals surface area contributed by atoms with Crippen LogP contribution in [-0.4, -0.2) is 23.4 Å². The monoisotopic (exact) mass is 211 g/mol. The van der Waals surface area contributed by atoms with E-state index in [9.17, 15) is 4.79 Å². The van der Waals surface area contributed by atoms with Gasteiger partial charge in [0.1, 0.15) is 0 Å². The van der Waals surface area contributed by atoms with E-state index in [-0.39, 0.29) is 0 Å². The minimum Gasteiger partial charge on any atom is -0.339 e. The molecule has 0 aromatic heterocycles. The summed E-state index contributed by atoms with van der Waals surface area (Å²) in [6, 6.07) is 0.492. The minimum absolute atomic E-state index is 0.383. The second-order valence-corrected chi connectivity index (χ2v) is 5.11. The van der Waals surface area contributed by atoms with Gasteiger partial charge < -0.3 is 4.90 Å². The average molecular weight is 211 g/mol. The van der Waals surface area contributed by atoms with Crippen LogP contribution in [0.5, 0.6) is 0 Å². The van der Waals surface area contributed by atoms with Crippen molar-refractivity contribution >= 4 is 5.91 Å². The molecule has 0 aromatic carbocycles. The summed E-state index contributed by atoms with van der Waals surface area (Å²) in [5.41, 5.74) is 0. The maximum atomic E-state index is 11.9. The van der Waals surface area contributed by atoms with E-state index in [2.05, 4.69) is 32.6 Å². The van der Waals surface area contributed by atoms with Gasteiger partial charge in [0.25, 0.3) is 0 Å². The van der Waals surface area contributed by atoms with Crippen LogP contribution in [0.15, 0.2) is 0 Å². The number of carbonyl (C=O) groups is 1. The number of carbonyl (C=O) groups excluding carboxylic acids is 1. The predicted molar refractivity (Wildman–Crippen MR) is 63.6 cm³/mol. The Kier molecular flexibility index (Phi) is 4.62. The topological polar surface area (TPSA) is 20.3 Å². The van der Waals surface area contributed by atoms with Gasteiger partial charge >= 0.3 is 0 Å². The molecule has 0 saturated carbocycles. The summed E-state index contributed by atoms with van der Waals surface area (Å²) in [7, 11) is 0. The highest BCUT2D eigenvalue weighted by Gasteiger charge is 2.34. The Labute approximate surface area is 94.0 Å². The molecule has 1 aliphatic heterocycles. The Morgan fingerprint density at radius 2 is 2.07 bits per heavy atom. The molecule has 0 spiro atoms. The molecule has 2 heteroatoms. The van der Waals surface area contributed by atoms with Crippen LogP contribution >= 0.6 is 0 Å². The van der Waals surface area contributed by atoms with Crippen LogP contribution in [0.1, 0.15) is 53.4 Å². The lowest BCUT2D eigenvalue weighted by Gasteiger charge is -2.27. The van der Waals surface area contributed by atoms with E-state index in [0.29, 0.717) is 23.8 Å². The molecule has 0 aliphatic carbocycles. The van der Waals surface area contributed by atoms with Crippen molar-refractivity contribution in [3.05, 3.63) is 0 Å². The molecule has 0 bridgehead atoms. The highest BCUT2D eigenvalue weighted by atomic mass is 16.2. The normalized spacial score (nSPS) is 23.9. The number of rotatable bonds is 5. The fraction of sp³-hybridized carbons (Fsp3) is 0.923. The zero-order valence-electron chi connectivity index (χ0n) is 10.6. The van der Waals surface area contributed by atoms with E-state index >= 15 is 0 Å². The number of hydrogen-bond donors (Lipinski definition) is 0. The van der Waals surface area contributed by atoms with Crippen molar-refractivity contribution in [3.8, 4) is 0 Å². The van der Waals surface area contributed by atoms with E-state index < -0.39 is 0 Å². The van der Waals surface area contributed by atoms with E-state index in [1.807, 2.05) is 0 Å². The predicted octanol–water partition coefficient (Wildman–Crippen LogP) is 3.07. The van der Waals surface area contributed by atoms with Crippen molar-refractivity contribution in [2.24, 2.45) is 11.8 Å². The first-order valence-corrected chi connectivity index (χ1v) is 6.39. The molecule has 2 unspecified atom stereocenters. The number of nitrogens with zero attached hydrogens (tertiary/aromatic N) is 1. The standard InChI is InChI=1S/C13H25NO/c1-5-7-12(6-2)14-9-11(10(3)4)8-13(14)15/h10-12H,5-9H2,1-4H3. The Balaban J connectivity index is 2.58. The van der Waals surface area contributed by atoms with Gasteiger partial charge in [0.05, 0.1) is 0 Å². The zero-order valence-corrected chi connectivity index (χ0v) is 10.6. The van der Waals surface area contributed by atoms with Crippen LogP contribution in [0.3, 0.4) is 0 Å². The molecule has 2 nitrogen and oxygen atoms in total. The lowest BCUT2D eigenvalue weighted by Crippen LogP contribution is -2.36. The van der Waals surface area contributed by atoms with Gasteiger partial charge in [-0.05, 0) is 24.7 Å². The fourth-order valence-corrected chi connectivity index (χ4v) is 2.47. The Morgan fingerprint density at radius 1 is 1.40 bits per heavy atom. The summed E-state index contributed by atoms with van der Waals surface area (Å²) in [6.45, 7) is 9.83. The Hall–Kier alpha value is -0.530. The van der Waals surface area contributed by atoms with Crippen molar-refractivity contribution in [2.75, 3.05) is 6.54 Å². The van der Waals surface area contributed by atoms with Gasteiger partial charge in [-0.2, -0.15) is 0 Å². The minimum atomic E-state index is 0.383. The molecule has 1 saturated heterocycles. The number of likely N-dealkylation sites (tertiary alicyclic amines) is 1. The van der Waals surface area contributed by atoms with Gasteiger partial charge in [-0.15, -0.1) is 0 Å². The first-order valence-electron chi connectivity index (χ1n) is 6.39. The molecule has 1 amide bonds. The molecule has 1 aliphatic rings. The highest BCUT2D eigenvalue weighted by molar-refractivity contribution is 5.79. The van der Waals surface area contributed by atoms with Gasteiger partial charge in [-0.3, -0.25) is 4.79 Å². The van der Waals surface area contributed by atoms with Crippen molar-refractivity contribution < 1.29 is 4.79 Å². The maximum Gasteiger partial charge on any atom is 0.223 e. The Bertz CT molecular complexity index is 213. The molecular weight excluding hydrogens is 186 g/mol. The van der Waals surface area contributed by atoms with E-state index in [1.165, 1.54) is 6.42 Å². The molecule has 0 radical (unpaired) electrons. The fourth-order valence-electron chi connectivity index (χ4n) is 2.47. The van der Waals surface area contributed by atoms with Crippen molar-refractivity contribution in [3.63, 3.8) is 0 Å². The second kappa shape index (κ2) is 5.53. The average Bonchev–Trinajstić information content (AvgIpc) is 2.57. The van der Waals surface area contributed by atoms with Crippen LogP contribution in [-0.2, 0) is 4.79 Å². The largest absolute Gasteiger partial charge is 0.339 e. The Morgan fingerprint density at radius 3 is 2.47 bits per heavy atom. The van der Waals surface area contributed by atoms with Crippen LogP contribution in [0, 0.1) is 11.8 Å². The summed E-state index contributed by atoms with van der Waals surface area (Å²) in [6.07, 6.45) is 4.21. The van der Waals surface area contributed by atoms with Crippen molar-refractivity contribution in [2.45, 2.75) is 59.4 Å². The van der Waals surface area contributed by atoms with Crippen LogP contribution < -0.4 is 0 Å². The van der Waals surface area contributed by atoms with Gasteiger partial charge in [-0.1, -0.05) is 34.1 Å². The van der Waals surface area contributed by atoms with E-state index in [0.717, 1.165) is 25.8 Å². The smallest absolute Gasteiger partial charge is 0.223 e. The molecule has 15 heavy (non-hydrogen) atoms. The van der Waals surface area contributed by atoms with Crippen LogP contribution in [0.25, 0.3) is 0 Å². The van der Waals surface area contributed by atoms with Gasteiger partial charge in [0.2, 0.25) is 5.91 Å². The van der Waals surface area contributed by atoms with Gasteiger partial charge in [0.15, 0.2) is 0 Å². The summed E-state index contributed by atoms with van der Waals surface area (Å²) in [5.74, 6) is 1.61. The number of amides is 1. The maximum absolute atomic E-state index is 11.9. The summed E-state index contributed by atoms with van der Waals surface area (Å²) < 4.78 is 0. The third-order valence-corrected chi connectivity index (χ3v) is 3.67. The molecule has 1 fully saturated rings. The quantitative estimate of drug-likeness (QED) is 0.684. The van der Waals surface area contributed by atoms with Crippen molar-refractivity contribution in [1.29, 1.82) is 0 Å². The molecule has 2 atom stereocenters. The molecule has 1 rings (SSSR count). The third kappa shape index (κ3) is 2.96. The van der Waals surface area contributed by atoms with Gasteiger partial charge in [-0.25, -0.2) is 0 Å². The SMILES string of the molecule is CCCC(CC)N1CC(C(C)C)CC1=O. The molecule has 0 N–H and O–H groups in total. The van der Waals surface area contributed by atoms with Crippen LogP contribution in [0.2, 0.25) is 0 Å². The zero-order chi connectivity index (χ0) is 11.4. The lowest BCUT2D eigenvalue weighted by molar-refractivity contribution is -0.129. The van der Waals surface area contributed by atoms with E-state index in [4.69, 9.17) is 0 Å². The first-order chi connectivity index (χ1) is 7.10. The molecule has 88 valence electrons. The number of hydrogen-bond acceptors (Lipinski definition) is 1. The molecule has 0 aromatic rings. The summed E-state index contributed by atoms with van der Waals surface area (Å²) in [5, 5.41) is 0. The molecule has 1 heterocycles. The lowest BCUT2D eigenvalue weighted by atomic mass is 9.95. The summed E-state index contributed by atoms with van der Waals surface area (Å²) >= 11 is 0. The van der Waals surface area contributed by atoms with E-state index in [1.54, 1.807) is 0 Å². The van der Waals surface area contributed by atoms with Crippen molar-refractivity contribution in [1.82, 2.24) is 4.90 Å². The second-order valence-electron chi connectivity index (χ2n) is 5.11. The highest BCUT2D eigenvalue weighted by Crippen LogP contribution is 2.28.